The second-order valence-electron chi connectivity index (χ2n) is 6.39. The molecule has 1 aliphatic rings. The Morgan fingerprint density at radius 1 is 1.38 bits per heavy atom. The zero-order valence-corrected chi connectivity index (χ0v) is 15.6. The Hall–Kier alpha value is -2.11. The van der Waals surface area contributed by atoms with Gasteiger partial charge in [0.2, 0.25) is 0 Å². The predicted octanol–water partition coefficient (Wildman–Crippen LogP) is 4.02. The van der Waals surface area contributed by atoms with Gasteiger partial charge in [0.1, 0.15) is 11.8 Å². The Morgan fingerprint density at radius 2 is 2.19 bits per heavy atom. The first-order chi connectivity index (χ1) is 12.6. The smallest absolute Gasteiger partial charge is 0.330 e. The van der Waals surface area contributed by atoms with Crippen LogP contribution in [0.2, 0.25) is 5.15 Å². The van der Waals surface area contributed by atoms with Crippen LogP contribution >= 0.6 is 11.6 Å². The Kier molecular flexibility index (Phi) is 6.47. The topological polar surface area (TPSA) is 53.4 Å². The molecule has 0 spiro atoms. The molecular formula is C20H23ClN2O3. The lowest BCUT2D eigenvalue weighted by Gasteiger charge is -2.21. The Balaban J connectivity index is 1.60. The molecule has 1 aromatic carbocycles. The third-order valence-corrected chi connectivity index (χ3v) is 4.75. The van der Waals surface area contributed by atoms with Crippen LogP contribution in [0, 0.1) is 6.92 Å². The van der Waals surface area contributed by atoms with Crippen LogP contribution in [0.5, 0.6) is 0 Å². The number of nitrogens with zero attached hydrogens (tertiary/aromatic N) is 2. The van der Waals surface area contributed by atoms with Crippen molar-refractivity contribution in [2.45, 2.75) is 38.8 Å². The van der Waals surface area contributed by atoms with Crippen LogP contribution in [-0.4, -0.2) is 35.1 Å². The van der Waals surface area contributed by atoms with Crippen LogP contribution in [0.4, 0.5) is 0 Å². The molecule has 1 saturated heterocycles. The number of esters is 1. The zero-order valence-electron chi connectivity index (χ0n) is 14.9. The minimum absolute atomic E-state index is 0.0139. The molecule has 0 radical (unpaired) electrons. The highest BCUT2D eigenvalue weighted by Gasteiger charge is 2.16. The number of carbonyl (C=O) groups excluding carboxylic acids is 1. The molecule has 138 valence electrons. The van der Waals surface area contributed by atoms with E-state index in [1.807, 2.05) is 37.3 Å². The van der Waals surface area contributed by atoms with Crippen molar-refractivity contribution in [3.05, 3.63) is 58.4 Å². The largest absolute Gasteiger partial charge is 0.460 e. The predicted molar refractivity (Wildman–Crippen MR) is 101 cm³/mol. The number of hydrogen-bond donors (Lipinski definition) is 0. The number of rotatable bonds is 6. The van der Waals surface area contributed by atoms with Crippen molar-refractivity contribution in [3.8, 4) is 0 Å². The number of carbonyl (C=O) groups is 1. The summed E-state index contributed by atoms with van der Waals surface area (Å²) in [5.74, 6) is -0.398. The highest BCUT2D eigenvalue weighted by Crippen LogP contribution is 2.22. The van der Waals surface area contributed by atoms with E-state index < -0.39 is 5.97 Å². The molecule has 1 atom stereocenters. The van der Waals surface area contributed by atoms with Crippen LogP contribution in [0.15, 0.2) is 36.4 Å². The minimum atomic E-state index is -0.398. The maximum absolute atomic E-state index is 11.9. The van der Waals surface area contributed by atoms with Gasteiger partial charge in [0.15, 0.2) is 0 Å². The lowest BCUT2D eigenvalue weighted by atomic mass is 10.1. The van der Waals surface area contributed by atoms with Gasteiger partial charge in [-0.2, -0.15) is 5.10 Å². The van der Waals surface area contributed by atoms with Crippen LogP contribution < -0.4 is 0 Å². The van der Waals surface area contributed by atoms with E-state index >= 15 is 0 Å². The fraction of sp³-hybridized carbons (Fsp3) is 0.400. The van der Waals surface area contributed by atoms with Gasteiger partial charge in [-0.25, -0.2) is 9.48 Å². The molecule has 6 heteroatoms. The van der Waals surface area contributed by atoms with E-state index in [1.165, 1.54) is 6.08 Å². The van der Waals surface area contributed by atoms with E-state index in [1.54, 1.807) is 10.8 Å². The quantitative estimate of drug-likeness (QED) is 0.566. The van der Waals surface area contributed by atoms with Gasteiger partial charge in [-0.1, -0.05) is 41.9 Å². The van der Waals surface area contributed by atoms with Crippen LogP contribution in [0.25, 0.3) is 6.08 Å². The fourth-order valence-corrected chi connectivity index (χ4v) is 3.23. The average Bonchev–Trinajstić information content (AvgIpc) is 2.93. The number of halogens is 1. The number of aromatic nitrogens is 2. The third-order valence-electron chi connectivity index (χ3n) is 4.36. The van der Waals surface area contributed by atoms with Crippen molar-refractivity contribution in [3.63, 3.8) is 0 Å². The first-order valence-electron chi connectivity index (χ1n) is 8.87. The normalized spacial score (nSPS) is 17.5. The summed E-state index contributed by atoms with van der Waals surface area (Å²) >= 11 is 6.44. The highest BCUT2D eigenvalue weighted by atomic mass is 35.5. The molecule has 5 nitrogen and oxygen atoms in total. The number of aryl methyl sites for hydroxylation is 1. The molecule has 2 aromatic rings. The van der Waals surface area contributed by atoms with Gasteiger partial charge in [-0.15, -0.1) is 0 Å². The van der Waals surface area contributed by atoms with Crippen LogP contribution in [0.3, 0.4) is 0 Å². The molecule has 1 unspecified atom stereocenters. The molecule has 3 rings (SSSR count). The monoisotopic (exact) mass is 374 g/mol. The van der Waals surface area contributed by atoms with E-state index in [4.69, 9.17) is 21.1 Å². The fourth-order valence-electron chi connectivity index (χ4n) is 2.93. The van der Waals surface area contributed by atoms with Gasteiger partial charge >= 0.3 is 5.97 Å². The van der Waals surface area contributed by atoms with E-state index in [2.05, 4.69) is 5.10 Å². The summed E-state index contributed by atoms with van der Waals surface area (Å²) in [7, 11) is 0. The number of hydrogen-bond acceptors (Lipinski definition) is 4. The molecule has 0 bridgehead atoms. The third kappa shape index (κ3) is 4.96. The lowest BCUT2D eigenvalue weighted by Crippen LogP contribution is -2.25. The summed E-state index contributed by atoms with van der Waals surface area (Å²) in [4.78, 5) is 11.9. The van der Waals surface area contributed by atoms with Crippen molar-refractivity contribution < 1.29 is 14.3 Å². The van der Waals surface area contributed by atoms with Crippen molar-refractivity contribution in [1.82, 2.24) is 9.78 Å². The molecule has 1 aliphatic heterocycles. The SMILES string of the molecule is Cc1nn(Cc2ccccc2)c(Cl)c1C=CC(=O)OCC1CCCCO1. The maximum atomic E-state index is 11.9. The molecule has 2 heterocycles. The minimum Gasteiger partial charge on any atom is -0.460 e. The molecule has 1 fully saturated rings. The molecule has 26 heavy (non-hydrogen) atoms. The molecule has 1 aromatic heterocycles. The average molecular weight is 375 g/mol. The molecule has 0 amide bonds. The van der Waals surface area contributed by atoms with Crippen molar-refractivity contribution in [2.24, 2.45) is 0 Å². The Bertz CT molecular complexity index is 765. The number of benzene rings is 1. The van der Waals surface area contributed by atoms with E-state index in [9.17, 15) is 4.79 Å². The van der Waals surface area contributed by atoms with E-state index in [0.29, 0.717) is 18.3 Å². The summed E-state index contributed by atoms with van der Waals surface area (Å²) in [5, 5.41) is 4.97. The summed E-state index contributed by atoms with van der Waals surface area (Å²) in [5.41, 5.74) is 2.61. The molecular weight excluding hydrogens is 352 g/mol. The first-order valence-corrected chi connectivity index (χ1v) is 9.24. The second kappa shape index (κ2) is 9.01. The highest BCUT2D eigenvalue weighted by molar-refractivity contribution is 6.31. The van der Waals surface area contributed by atoms with Gasteiger partial charge in [0.05, 0.1) is 18.3 Å². The second-order valence-corrected chi connectivity index (χ2v) is 6.74. The summed E-state index contributed by atoms with van der Waals surface area (Å²) in [6.07, 6.45) is 6.21. The van der Waals surface area contributed by atoms with Crippen molar-refractivity contribution in [1.29, 1.82) is 0 Å². The summed E-state index contributed by atoms with van der Waals surface area (Å²) in [6.45, 7) is 3.49. The van der Waals surface area contributed by atoms with Gasteiger partial charge in [0.25, 0.3) is 0 Å². The zero-order chi connectivity index (χ0) is 18.4. The number of ether oxygens (including phenoxy) is 2. The Morgan fingerprint density at radius 3 is 2.92 bits per heavy atom. The van der Waals surface area contributed by atoms with Gasteiger partial charge in [-0.05, 0) is 37.8 Å². The summed E-state index contributed by atoms with van der Waals surface area (Å²) in [6, 6.07) is 9.97. The van der Waals surface area contributed by atoms with Crippen molar-refractivity contribution >= 4 is 23.6 Å². The van der Waals surface area contributed by atoms with Crippen LogP contribution in [-0.2, 0) is 20.8 Å². The van der Waals surface area contributed by atoms with Crippen molar-refractivity contribution in [2.75, 3.05) is 13.2 Å². The van der Waals surface area contributed by atoms with Gasteiger partial charge in [0, 0.05) is 18.2 Å². The van der Waals surface area contributed by atoms with Crippen LogP contribution in [0.1, 0.15) is 36.1 Å². The summed E-state index contributed by atoms with van der Waals surface area (Å²) < 4.78 is 12.5. The van der Waals surface area contributed by atoms with E-state index in [-0.39, 0.29) is 6.10 Å². The maximum Gasteiger partial charge on any atom is 0.330 e. The van der Waals surface area contributed by atoms with Gasteiger partial charge in [-0.3, -0.25) is 0 Å². The Labute approximate surface area is 158 Å². The molecule has 0 aliphatic carbocycles. The standard InChI is InChI=1S/C20H23ClN2O3/c1-15-18(10-11-19(24)26-14-17-9-5-6-12-25-17)20(21)23(22-15)13-16-7-3-2-4-8-16/h2-4,7-8,10-11,17H,5-6,9,12-14H2,1H3. The lowest BCUT2D eigenvalue weighted by molar-refractivity contribution is -0.143. The molecule has 0 N–H and O–H groups in total. The molecule has 0 saturated carbocycles. The first kappa shape index (κ1) is 18.7. The van der Waals surface area contributed by atoms with E-state index in [0.717, 1.165) is 42.7 Å². The van der Waals surface area contributed by atoms with Gasteiger partial charge < -0.3 is 9.47 Å².